The fraction of sp³-hybridized carbons (Fsp3) is 0.750. The van der Waals surface area contributed by atoms with Crippen LogP contribution in [-0.4, -0.2) is 41.0 Å². The lowest BCUT2D eigenvalue weighted by Crippen LogP contribution is -2.29. The molecule has 0 aromatic carbocycles. The number of rotatable bonds is 28. The van der Waals surface area contributed by atoms with E-state index in [1.807, 2.05) is 0 Å². The van der Waals surface area contributed by atoms with Crippen molar-refractivity contribution in [3.8, 4) is 0 Å². The molecule has 8 nitrogen and oxygen atoms in total. The Kier molecular flexibility index (Phi) is 27.2. The van der Waals surface area contributed by atoms with Crippen LogP contribution in [0, 0.1) is 0 Å². The fourth-order valence-electron chi connectivity index (χ4n) is 4.02. The summed E-state index contributed by atoms with van der Waals surface area (Å²) in [6.45, 7) is 3.47. The highest BCUT2D eigenvalue weighted by Gasteiger charge is 2.22. The number of carbonyl (C=O) groups is 2. The molecule has 9 heteroatoms. The first-order valence-corrected chi connectivity index (χ1v) is 17.3. The summed E-state index contributed by atoms with van der Waals surface area (Å²) in [5.41, 5.74) is 0. The molecule has 0 aromatic rings. The summed E-state index contributed by atoms with van der Waals surface area (Å²) in [6, 6.07) is 0. The van der Waals surface area contributed by atoms with Crippen molar-refractivity contribution in [2.75, 3.05) is 13.2 Å². The Hall–Kier alpha value is -1.73. The SMILES string of the molecule is CCCCC/C=C\C/C=C\C/C=C\CCCCCCCCC(=O)OC(COC(=O)CCCCCC)COP(=O)(O)O. The maximum Gasteiger partial charge on any atom is 0.469 e. The predicted octanol–water partition coefficient (Wildman–Crippen LogP) is 8.67. The number of phosphoric ester groups is 1. The zero-order chi connectivity index (χ0) is 30.4. The molecule has 0 saturated carbocycles. The lowest BCUT2D eigenvalue weighted by molar-refractivity contribution is -0.161. The highest BCUT2D eigenvalue weighted by molar-refractivity contribution is 7.46. The van der Waals surface area contributed by atoms with E-state index in [-0.39, 0.29) is 19.4 Å². The number of esters is 2. The number of ether oxygens (including phenoxy) is 2. The van der Waals surface area contributed by atoms with Gasteiger partial charge in [-0.1, -0.05) is 108 Å². The van der Waals surface area contributed by atoms with Gasteiger partial charge in [0.25, 0.3) is 0 Å². The molecule has 0 saturated heterocycles. The summed E-state index contributed by atoms with van der Waals surface area (Å²) in [4.78, 5) is 42.0. The molecule has 0 aliphatic rings. The topological polar surface area (TPSA) is 119 Å². The lowest BCUT2D eigenvalue weighted by atomic mass is 10.1. The lowest BCUT2D eigenvalue weighted by Gasteiger charge is -2.18. The van der Waals surface area contributed by atoms with E-state index in [4.69, 9.17) is 19.3 Å². The molecule has 0 bridgehead atoms. The van der Waals surface area contributed by atoms with Gasteiger partial charge in [0.2, 0.25) is 0 Å². The fourth-order valence-corrected chi connectivity index (χ4v) is 4.38. The molecular weight excluding hydrogens is 543 g/mol. The Morgan fingerprint density at radius 3 is 1.68 bits per heavy atom. The van der Waals surface area contributed by atoms with Crippen molar-refractivity contribution in [1.82, 2.24) is 0 Å². The van der Waals surface area contributed by atoms with Gasteiger partial charge in [-0.3, -0.25) is 14.1 Å². The molecule has 0 heterocycles. The van der Waals surface area contributed by atoms with Crippen molar-refractivity contribution < 1.29 is 37.9 Å². The van der Waals surface area contributed by atoms with Crippen LogP contribution in [0.2, 0.25) is 0 Å². The molecular formula is C32H57O8P. The van der Waals surface area contributed by atoms with E-state index in [0.29, 0.717) is 12.8 Å². The van der Waals surface area contributed by atoms with Gasteiger partial charge in [-0.05, 0) is 51.4 Å². The van der Waals surface area contributed by atoms with Crippen LogP contribution in [0.15, 0.2) is 36.5 Å². The first-order valence-electron chi connectivity index (χ1n) is 15.8. The van der Waals surface area contributed by atoms with Crippen LogP contribution in [0.3, 0.4) is 0 Å². The highest BCUT2D eigenvalue weighted by Crippen LogP contribution is 2.35. The second kappa shape index (κ2) is 28.4. The Bertz CT molecular complexity index is 772. The smallest absolute Gasteiger partial charge is 0.462 e. The minimum atomic E-state index is -4.73. The molecule has 0 spiro atoms. The molecule has 1 atom stereocenters. The Balaban J connectivity index is 3.93. The zero-order valence-corrected chi connectivity index (χ0v) is 26.6. The molecule has 0 aromatic heterocycles. The third-order valence-corrected chi connectivity index (χ3v) is 6.90. The van der Waals surface area contributed by atoms with Gasteiger partial charge < -0.3 is 19.3 Å². The maximum atomic E-state index is 12.2. The van der Waals surface area contributed by atoms with Crippen molar-refractivity contribution in [3.63, 3.8) is 0 Å². The van der Waals surface area contributed by atoms with Gasteiger partial charge in [0.05, 0.1) is 6.61 Å². The highest BCUT2D eigenvalue weighted by atomic mass is 31.2. The van der Waals surface area contributed by atoms with E-state index in [2.05, 4.69) is 54.8 Å². The van der Waals surface area contributed by atoms with E-state index < -0.39 is 32.5 Å². The largest absolute Gasteiger partial charge is 0.469 e. The zero-order valence-electron chi connectivity index (χ0n) is 25.7. The van der Waals surface area contributed by atoms with Gasteiger partial charge in [0, 0.05) is 12.8 Å². The van der Waals surface area contributed by atoms with Crippen LogP contribution >= 0.6 is 7.82 Å². The third kappa shape index (κ3) is 31.0. The van der Waals surface area contributed by atoms with Crippen molar-refractivity contribution >= 4 is 19.8 Å². The van der Waals surface area contributed by atoms with E-state index in [1.54, 1.807) is 0 Å². The quantitative estimate of drug-likeness (QED) is 0.0396. The number of hydrogen-bond acceptors (Lipinski definition) is 6. The van der Waals surface area contributed by atoms with Gasteiger partial charge in [0.1, 0.15) is 6.61 Å². The van der Waals surface area contributed by atoms with Crippen molar-refractivity contribution in [2.45, 2.75) is 142 Å². The van der Waals surface area contributed by atoms with Gasteiger partial charge in [-0.25, -0.2) is 4.57 Å². The summed E-state index contributed by atoms with van der Waals surface area (Å²) in [5, 5.41) is 0. The average Bonchev–Trinajstić information content (AvgIpc) is 2.93. The van der Waals surface area contributed by atoms with Gasteiger partial charge >= 0.3 is 19.8 Å². The van der Waals surface area contributed by atoms with E-state index in [0.717, 1.165) is 70.6 Å². The molecule has 0 fully saturated rings. The summed E-state index contributed by atoms with van der Waals surface area (Å²) in [6.07, 6.45) is 30.7. The maximum absolute atomic E-state index is 12.2. The number of allylic oxidation sites excluding steroid dienone is 6. The molecule has 1 unspecified atom stereocenters. The predicted molar refractivity (Wildman–Crippen MR) is 165 cm³/mol. The van der Waals surface area contributed by atoms with Crippen LogP contribution in [-0.2, 0) is 28.2 Å². The molecule has 41 heavy (non-hydrogen) atoms. The monoisotopic (exact) mass is 600 g/mol. The van der Waals surface area contributed by atoms with Crippen LogP contribution < -0.4 is 0 Å². The summed E-state index contributed by atoms with van der Waals surface area (Å²) in [7, 11) is -4.73. The molecule has 238 valence electrons. The van der Waals surface area contributed by atoms with Crippen LogP contribution in [0.4, 0.5) is 0 Å². The first-order chi connectivity index (χ1) is 19.8. The van der Waals surface area contributed by atoms with Crippen LogP contribution in [0.1, 0.15) is 136 Å². The van der Waals surface area contributed by atoms with Crippen LogP contribution in [0.25, 0.3) is 0 Å². The molecule has 0 radical (unpaired) electrons. The van der Waals surface area contributed by atoms with Crippen LogP contribution in [0.5, 0.6) is 0 Å². The second-order valence-electron chi connectivity index (χ2n) is 10.4. The number of phosphoric acid groups is 1. The number of hydrogen-bond donors (Lipinski definition) is 2. The minimum absolute atomic E-state index is 0.197. The normalized spacial score (nSPS) is 13.0. The average molecular weight is 601 g/mol. The molecule has 2 N–H and O–H groups in total. The third-order valence-electron chi connectivity index (χ3n) is 6.41. The Morgan fingerprint density at radius 1 is 0.634 bits per heavy atom. The minimum Gasteiger partial charge on any atom is -0.462 e. The molecule has 0 aliphatic heterocycles. The number of carbonyl (C=O) groups excluding carboxylic acids is 2. The van der Waals surface area contributed by atoms with Gasteiger partial charge in [-0.2, -0.15) is 0 Å². The van der Waals surface area contributed by atoms with Crippen molar-refractivity contribution in [1.29, 1.82) is 0 Å². The van der Waals surface area contributed by atoms with Crippen molar-refractivity contribution in [3.05, 3.63) is 36.5 Å². The summed E-state index contributed by atoms with van der Waals surface area (Å²) < 4.78 is 25.9. The standard InChI is InChI=1S/C32H57O8P/c1-3-5-7-9-10-11-12-13-14-15-16-17-18-19-20-21-22-23-25-27-32(34)40-30(29-39-41(35,36)37)28-38-31(33)26-24-8-6-4-2/h10-11,13-14,16-17,30H,3-9,12,15,18-29H2,1-2H3,(H2,35,36,37)/b11-10-,14-13-,17-16-. The number of unbranched alkanes of at least 4 members (excludes halogenated alkanes) is 12. The van der Waals surface area contributed by atoms with Crippen molar-refractivity contribution in [2.24, 2.45) is 0 Å². The Labute approximate surface area is 249 Å². The van der Waals surface area contributed by atoms with E-state index in [9.17, 15) is 14.2 Å². The van der Waals surface area contributed by atoms with Gasteiger partial charge in [-0.15, -0.1) is 0 Å². The first kappa shape index (κ1) is 39.3. The van der Waals surface area contributed by atoms with E-state index in [1.165, 1.54) is 25.7 Å². The van der Waals surface area contributed by atoms with Gasteiger partial charge in [0.15, 0.2) is 6.10 Å². The second-order valence-corrected chi connectivity index (χ2v) is 11.7. The molecule has 0 aliphatic carbocycles. The summed E-state index contributed by atoms with van der Waals surface area (Å²) in [5.74, 6) is -0.924. The molecule has 0 amide bonds. The summed E-state index contributed by atoms with van der Waals surface area (Å²) >= 11 is 0. The van der Waals surface area contributed by atoms with E-state index >= 15 is 0 Å². The Morgan fingerprint density at radius 2 is 1.10 bits per heavy atom. The molecule has 0 rings (SSSR count).